The van der Waals surface area contributed by atoms with E-state index < -0.39 is 0 Å². The SMILES string of the molecule is CCn1c(SC(C)C)nnc1-c1ccncc1. The number of aromatic nitrogens is 4. The Hall–Kier alpha value is -1.36. The predicted octanol–water partition coefficient (Wildman–Crippen LogP) is 2.86. The summed E-state index contributed by atoms with van der Waals surface area (Å²) < 4.78 is 2.14. The van der Waals surface area contributed by atoms with Crippen molar-refractivity contribution >= 4 is 11.8 Å². The zero-order valence-electron chi connectivity index (χ0n) is 10.3. The van der Waals surface area contributed by atoms with Gasteiger partial charge in [0, 0.05) is 29.8 Å². The largest absolute Gasteiger partial charge is 0.302 e. The molecule has 4 nitrogen and oxygen atoms in total. The minimum Gasteiger partial charge on any atom is -0.302 e. The first kappa shape index (κ1) is 12.1. The molecule has 2 heterocycles. The van der Waals surface area contributed by atoms with Gasteiger partial charge in [-0.25, -0.2) is 0 Å². The van der Waals surface area contributed by atoms with Crippen molar-refractivity contribution in [1.29, 1.82) is 0 Å². The van der Waals surface area contributed by atoms with Crippen molar-refractivity contribution in [3.8, 4) is 11.4 Å². The van der Waals surface area contributed by atoms with Crippen molar-refractivity contribution in [3.63, 3.8) is 0 Å². The van der Waals surface area contributed by atoms with Gasteiger partial charge in [0.1, 0.15) is 0 Å². The monoisotopic (exact) mass is 248 g/mol. The predicted molar refractivity (Wildman–Crippen MR) is 69.9 cm³/mol. The van der Waals surface area contributed by atoms with Gasteiger partial charge in [0.05, 0.1) is 0 Å². The number of rotatable bonds is 4. The number of nitrogens with zero attached hydrogens (tertiary/aromatic N) is 4. The molecule has 2 rings (SSSR count). The van der Waals surface area contributed by atoms with E-state index >= 15 is 0 Å². The Bertz CT molecular complexity index is 479. The van der Waals surface area contributed by atoms with Crippen LogP contribution in [0.4, 0.5) is 0 Å². The normalized spacial score (nSPS) is 11.1. The van der Waals surface area contributed by atoms with E-state index in [2.05, 4.69) is 40.5 Å². The van der Waals surface area contributed by atoms with E-state index in [-0.39, 0.29) is 0 Å². The Kier molecular flexibility index (Phi) is 3.78. The number of thioether (sulfide) groups is 1. The summed E-state index contributed by atoms with van der Waals surface area (Å²) >= 11 is 1.74. The molecule has 0 aliphatic carbocycles. The topological polar surface area (TPSA) is 43.6 Å². The average molecular weight is 248 g/mol. The minimum absolute atomic E-state index is 0.509. The summed E-state index contributed by atoms with van der Waals surface area (Å²) in [5.74, 6) is 0.915. The van der Waals surface area contributed by atoms with Crippen molar-refractivity contribution in [3.05, 3.63) is 24.5 Å². The first-order chi connectivity index (χ1) is 8.22. The molecule has 0 unspecified atom stereocenters. The van der Waals surface area contributed by atoms with Gasteiger partial charge in [-0.3, -0.25) is 4.98 Å². The molecule has 17 heavy (non-hydrogen) atoms. The van der Waals surface area contributed by atoms with E-state index in [9.17, 15) is 0 Å². The molecule has 90 valence electrons. The summed E-state index contributed by atoms with van der Waals surface area (Å²) in [7, 11) is 0. The molecule has 0 N–H and O–H groups in total. The van der Waals surface area contributed by atoms with Crippen molar-refractivity contribution in [2.24, 2.45) is 0 Å². The van der Waals surface area contributed by atoms with E-state index in [1.807, 2.05) is 12.1 Å². The third-order valence-corrected chi connectivity index (χ3v) is 3.30. The van der Waals surface area contributed by atoms with Crippen LogP contribution in [0, 0.1) is 0 Å². The Morgan fingerprint density at radius 2 is 1.94 bits per heavy atom. The van der Waals surface area contributed by atoms with Gasteiger partial charge in [-0.05, 0) is 19.1 Å². The van der Waals surface area contributed by atoms with Gasteiger partial charge in [0.25, 0.3) is 0 Å². The maximum atomic E-state index is 4.27. The summed E-state index contributed by atoms with van der Waals surface area (Å²) in [5, 5.41) is 10.0. The van der Waals surface area contributed by atoms with Crippen LogP contribution >= 0.6 is 11.8 Å². The standard InChI is InChI=1S/C12H16N4S/c1-4-16-11(10-5-7-13-8-6-10)14-15-12(16)17-9(2)3/h5-9H,4H2,1-3H3. The van der Waals surface area contributed by atoms with Crippen LogP contribution in [0.1, 0.15) is 20.8 Å². The molecule has 0 radical (unpaired) electrons. The zero-order valence-corrected chi connectivity index (χ0v) is 11.1. The average Bonchev–Trinajstić information content (AvgIpc) is 2.72. The van der Waals surface area contributed by atoms with Crippen LogP contribution in [0.3, 0.4) is 0 Å². The van der Waals surface area contributed by atoms with Crippen molar-refractivity contribution in [2.75, 3.05) is 0 Å². The highest BCUT2D eigenvalue weighted by Gasteiger charge is 2.13. The smallest absolute Gasteiger partial charge is 0.191 e. The first-order valence-electron chi connectivity index (χ1n) is 5.72. The maximum absolute atomic E-state index is 4.27. The number of hydrogen-bond acceptors (Lipinski definition) is 4. The minimum atomic E-state index is 0.509. The lowest BCUT2D eigenvalue weighted by atomic mass is 10.2. The molecule has 5 heteroatoms. The van der Waals surface area contributed by atoms with Crippen LogP contribution in [0.5, 0.6) is 0 Å². The lowest BCUT2D eigenvalue weighted by molar-refractivity contribution is 0.686. The number of pyridine rings is 1. The fourth-order valence-electron chi connectivity index (χ4n) is 1.59. The zero-order chi connectivity index (χ0) is 12.3. The van der Waals surface area contributed by atoms with Gasteiger partial charge in [0.15, 0.2) is 11.0 Å². The van der Waals surface area contributed by atoms with Crippen LogP contribution in [0.15, 0.2) is 29.7 Å². The van der Waals surface area contributed by atoms with Gasteiger partial charge < -0.3 is 4.57 Å². The molecule has 0 saturated carbocycles. The van der Waals surface area contributed by atoms with Crippen LogP contribution in [0.2, 0.25) is 0 Å². The van der Waals surface area contributed by atoms with Crippen molar-refractivity contribution in [1.82, 2.24) is 19.7 Å². The third kappa shape index (κ3) is 2.66. The first-order valence-corrected chi connectivity index (χ1v) is 6.60. The third-order valence-electron chi connectivity index (χ3n) is 2.31. The van der Waals surface area contributed by atoms with E-state index in [4.69, 9.17) is 0 Å². The molecular formula is C12H16N4S. The summed E-state index contributed by atoms with van der Waals surface area (Å²) in [4.78, 5) is 4.02. The molecule has 0 fully saturated rings. The van der Waals surface area contributed by atoms with E-state index in [0.29, 0.717) is 5.25 Å². The van der Waals surface area contributed by atoms with Crippen LogP contribution in [0.25, 0.3) is 11.4 Å². The molecule has 0 spiro atoms. The second kappa shape index (κ2) is 5.31. The van der Waals surface area contributed by atoms with E-state index in [1.54, 1.807) is 24.2 Å². The van der Waals surface area contributed by atoms with Crippen LogP contribution in [-0.4, -0.2) is 25.0 Å². The van der Waals surface area contributed by atoms with Crippen molar-refractivity contribution < 1.29 is 0 Å². The van der Waals surface area contributed by atoms with Gasteiger partial charge >= 0.3 is 0 Å². The summed E-state index contributed by atoms with van der Waals surface area (Å²) in [5.41, 5.74) is 1.06. The van der Waals surface area contributed by atoms with Crippen LogP contribution < -0.4 is 0 Å². The molecule has 0 aromatic carbocycles. The quantitative estimate of drug-likeness (QED) is 0.780. The summed E-state index contributed by atoms with van der Waals surface area (Å²) in [6, 6.07) is 3.92. The van der Waals surface area contributed by atoms with E-state index in [1.165, 1.54) is 0 Å². The molecule has 0 aliphatic rings. The summed E-state index contributed by atoms with van der Waals surface area (Å²) in [6.07, 6.45) is 3.55. The van der Waals surface area contributed by atoms with Crippen LogP contribution in [-0.2, 0) is 6.54 Å². The Balaban J connectivity index is 2.39. The molecule has 2 aromatic heterocycles. The Labute approximate surface area is 105 Å². The van der Waals surface area contributed by atoms with Gasteiger partial charge in [0.2, 0.25) is 0 Å². The molecule has 0 amide bonds. The molecule has 0 bridgehead atoms. The molecule has 0 aliphatic heterocycles. The number of hydrogen-bond donors (Lipinski definition) is 0. The van der Waals surface area contributed by atoms with Gasteiger partial charge in [-0.1, -0.05) is 25.6 Å². The highest BCUT2D eigenvalue weighted by atomic mass is 32.2. The maximum Gasteiger partial charge on any atom is 0.191 e. The second-order valence-corrected chi connectivity index (χ2v) is 5.50. The van der Waals surface area contributed by atoms with E-state index in [0.717, 1.165) is 23.1 Å². The molecule has 2 aromatic rings. The second-order valence-electron chi connectivity index (χ2n) is 3.95. The highest BCUT2D eigenvalue weighted by Crippen LogP contribution is 2.25. The van der Waals surface area contributed by atoms with Crippen molar-refractivity contribution in [2.45, 2.75) is 37.7 Å². The van der Waals surface area contributed by atoms with Gasteiger partial charge in [-0.15, -0.1) is 10.2 Å². The summed E-state index contributed by atoms with van der Waals surface area (Å²) in [6.45, 7) is 7.30. The highest BCUT2D eigenvalue weighted by molar-refractivity contribution is 7.99. The molecular weight excluding hydrogens is 232 g/mol. The Morgan fingerprint density at radius 1 is 1.24 bits per heavy atom. The van der Waals surface area contributed by atoms with Gasteiger partial charge in [-0.2, -0.15) is 0 Å². The molecule has 0 saturated heterocycles. The fourth-order valence-corrected chi connectivity index (χ4v) is 2.44. The lowest BCUT2D eigenvalue weighted by Gasteiger charge is -2.08. The Morgan fingerprint density at radius 3 is 2.53 bits per heavy atom. The fraction of sp³-hybridized carbons (Fsp3) is 0.417. The molecule has 0 atom stereocenters. The lowest BCUT2D eigenvalue weighted by Crippen LogP contribution is -2.01.